The number of ether oxygens (including phenoxy) is 3. The molecule has 0 aromatic carbocycles. The van der Waals surface area contributed by atoms with Crippen LogP contribution < -0.4 is 0 Å². The summed E-state index contributed by atoms with van der Waals surface area (Å²) < 4.78 is 17.0. The zero-order valence-corrected chi connectivity index (χ0v) is 52.0. The van der Waals surface area contributed by atoms with Crippen LogP contribution in [-0.2, 0) is 28.6 Å². The second-order valence-corrected chi connectivity index (χ2v) is 23.4. The summed E-state index contributed by atoms with van der Waals surface area (Å²) >= 11 is 0. The molecular weight excluding hydrogens is 949 g/mol. The van der Waals surface area contributed by atoms with Gasteiger partial charge in [0, 0.05) is 19.3 Å². The molecule has 0 heterocycles. The molecule has 0 aliphatic rings. The normalized spacial score (nSPS) is 12.2. The minimum absolute atomic E-state index is 0.0727. The largest absolute Gasteiger partial charge is 0.462 e. The third-order valence-corrected chi connectivity index (χ3v) is 15.6. The molecule has 0 aromatic rings. The maximum Gasteiger partial charge on any atom is 0.306 e. The van der Waals surface area contributed by atoms with E-state index in [4.69, 9.17) is 14.2 Å². The summed E-state index contributed by atoms with van der Waals surface area (Å²) in [5.41, 5.74) is 0. The Kier molecular flexibility index (Phi) is 64.1. The average molecular weight is 1080 g/mol. The highest BCUT2D eigenvalue weighted by atomic mass is 16.6. The van der Waals surface area contributed by atoms with Gasteiger partial charge in [-0.1, -0.05) is 320 Å². The lowest BCUT2D eigenvalue weighted by Crippen LogP contribution is -2.30. The summed E-state index contributed by atoms with van der Waals surface area (Å²) in [5, 5.41) is 0. The summed E-state index contributed by atoms with van der Waals surface area (Å²) in [7, 11) is 0. The molecule has 1 unspecified atom stereocenters. The number of hydrogen-bond donors (Lipinski definition) is 0. The molecule has 0 N–H and O–H groups in total. The van der Waals surface area contributed by atoms with E-state index >= 15 is 0 Å². The summed E-state index contributed by atoms with van der Waals surface area (Å²) in [6.07, 6.45) is 81.7. The van der Waals surface area contributed by atoms with E-state index in [0.29, 0.717) is 19.3 Å². The molecule has 1 atom stereocenters. The third kappa shape index (κ3) is 64.3. The summed E-state index contributed by atoms with van der Waals surface area (Å²) in [6.45, 7) is 6.68. The zero-order valence-electron chi connectivity index (χ0n) is 52.0. The molecule has 0 radical (unpaired) electrons. The van der Waals surface area contributed by atoms with Gasteiger partial charge < -0.3 is 14.2 Å². The van der Waals surface area contributed by atoms with E-state index in [-0.39, 0.29) is 31.1 Å². The lowest BCUT2D eigenvalue weighted by Gasteiger charge is -2.18. The summed E-state index contributed by atoms with van der Waals surface area (Å²) in [5.74, 6) is -0.859. The molecule has 6 nitrogen and oxygen atoms in total. The maximum absolute atomic E-state index is 12.9. The van der Waals surface area contributed by atoms with Crippen LogP contribution in [0.3, 0.4) is 0 Å². The van der Waals surface area contributed by atoms with E-state index < -0.39 is 6.10 Å². The van der Waals surface area contributed by atoms with E-state index in [2.05, 4.69) is 57.2 Å². The van der Waals surface area contributed by atoms with Gasteiger partial charge in [0.2, 0.25) is 0 Å². The van der Waals surface area contributed by atoms with Crippen molar-refractivity contribution in [1.82, 2.24) is 0 Å². The van der Waals surface area contributed by atoms with Crippen LogP contribution in [0.1, 0.15) is 380 Å². The highest BCUT2D eigenvalue weighted by Crippen LogP contribution is 2.18. The first-order chi connectivity index (χ1) is 38.0. The number of rotatable bonds is 64. The van der Waals surface area contributed by atoms with Gasteiger partial charge in [0.1, 0.15) is 13.2 Å². The lowest BCUT2D eigenvalue weighted by molar-refractivity contribution is -0.167. The monoisotopic (exact) mass is 1080 g/mol. The summed E-state index contributed by atoms with van der Waals surface area (Å²) in [6, 6.07) is 0. The Morgan fingerprint density at radius 3 is 0.740 bits per heavy atom. The van der Waals surface area contributed by atoms with Crippen LogP contribution in [-0.4, -0.2) is 37.2 Å². The Labute approximate surface area is 480 Å². The van der Waals surface area contributed by atoms with E-state index in [0.717, 1.165) is 77.0 Å². The zero-order chi connectivity index (χ0) is 55.7. The first kappa shape index (κ1) is 74.6. The van der Waals surface area contributed by atoms with E-state index in [1.54, 1.807) is 0 Å². The molecule has 77 heavy (non-hydrogen) atoms. The van der Waals surface area contributed by atoms with Gasteiger partial charge in [-0.25, -0.2) is 0 Å². The quantitative estimate of drug-likeness (QED) is 0.0261. The topological polar surface area (TPSA) is 78.9 Å². The van der Waals surface area contributed by atoms with Crippen molar-refractivity contribution in [1.29, 1.82) is 0 Å². The molecule has 0 rings (SSSR count). The Hall–Kier alpha value is -2.37. The van der Waals surface area contributed by atoms with Crippen LogP contribution in [0.5, 0.6) is 0 Å². The molecule has 0 saturated carbocycles. The van der Waals surface area contributed by atoms with Crippen molar-refractivity contribution in [3.05, 3.63) is 36.5 Å². The predicted molar refractivity (Wildman–Crippen MR) is 335 cm³/mol. The molecule has 0 spiro atoms. The van der Waals surface area contributed by atoms with Crippen molar-refractivity contribution in [3.63, 3.8) is 0 Å². The number of hydrogen-bond acceptors (Lipinski definition) is 6. The Morgan fingerprint density at radius 1 is 0.260 bits per heavy atom. The SMILES string of the molecule is CCCCCC/C=C\C/C=C\CCCCCCCC(=O)OC(COC(=O)CCCCCCCCCCCCCCCCCC)COC(=O)CCCCCCCCCCCCCCCCC/C=C\CCCCCCCCCC. The van der Waals surface area contributed by atoms with Crippen molar-refractivity contribution in [3.8, 4) is 0 Å². The van der Waals surface area contributed by atoms with Crippen LogP contribution in [0.25, 0.3) is 0 Å². The highest BCUT2D eigenvalue weighted by molar-refractivity contribution is 5.71. The van der Waals surface area contributed by atoms with Gasteiger partial charge in [-0.3, -0.25) is 14.4 Å². The van der Waals surface area contributed by atoms with Crippen molar-refractivity contribution in [2.45, 2.75) is 386 Å². The standard InChI is InChI=1S/C71H132O6/c1-4-7-10-13-16-19-22-25-28-31-32-33-34-35-36-37-38-39-40-41-44-46-49-52-55-58-61-64-70(73)76-67-68(77-71(74)65-62-59-56-53-50-47-43-30-27-24-21-18-15-12-9-6-3)66-75-69(72)63-60-57-54-51-48-45-42-29-26-23-20-17-14-11-8-5-2/h21,24,30-32,43,68H,4-20,22-23,25-29,33-42,44-67H2,1-3H3/b24-21-,32-31-,43-30-. The fourth-order valence-electron chi connectivity index (χ4n) is 10.4. The van der Waals surface area contributed by atoms with Crippen LogP contribution >= 0.6 is 0 Å². The van der Waals surface area contributed by atoms with Crippen molar-refractivity contribution in [2.75, 3.05) is 13.2 Å². The molecule has 0 saturated heterocycles. The van der Waals surface area contributed by atoms with Gasteiger partial charge in [-0.05, 0) is 77.0 Å². The van der Waals surface area contributed by atoms with Gasteiger partial charge in [0.15, 0.2) is 6.10 Å². The minimum Gasteiger partial charge on any atom is -0.462 e. The Morgan fingerprint density at radius 2 is 0.468 bits per heavy atom. The fraction of sp³-hybridized carbons (Fsp3) is 0.873. The molecule has 6 heteroatoms. The van der Waals surface area contributed by atoms with E-state index in [9.17, 15) is 14.4 Å². The molecule has 0 aliphatic carbocycles. The molecule has 452 valence electrons. The first-order valence-electron chi connectivity index (χ1n) is 34.5. The van der Waals surface area contributed by atoms with Crippen LogP contribution in [0.4, 0.5) is 0 Å². The Balaban J connectivity index is 4.24. The smallest absolute Gasteiger partial charge is 0.306 e. The number of unbranched alkanes of at least 4 members (excludes halogenated alkanes) is 47. The van der Waals surface area contributed by atoms with E-state index in [1.807, 2.05) is 0 Å². The lowest BCUT2D eigenvalue weighted by atomic mass is 10.0. The van der Waals surface area contributed by atoms with E-state index in [1.165, 1.54) is 263 Å². The number of carbonyl (C=O) groups excluding carboxylic acids is 3. The molecule has 0 aromatic heterocycles. The van der Waals surface area contributed by atoms with Crippen LogP contribution in [0, 0.1) is 0 Å². The summed E-state index contributed by atoms with van der Waals surface area (Å²) in [4.78, 5) is 38.4. The Bertz CT molecular complexity index is 1290. The van der Waals surface area contributed by atoms with Gasteiger partial charge in [-0.15, -0.1) is 0 Å². The van der Waals surface area contributed by atoms with Gasteiger partial charge in [0.25, 0.3) is 0 Å². The molecule has 0 bridgehead atoms. The fourth-order valence-corrected chi connectivity index (χ4v) is 10.4. The second-order valence-electron chi connectivity index (χ2n) is 23.4. The van der Waals surface area contributed by atoms with Crippen LogP contribution in [0.2, 0.25) is 0 Å². The predicted octanol–water partition coefficient (Wildman–Crippen LogP) is 23.6. The average Bonchev–Trinajstić information content (AvgIpc) is 3.43. The van der Waals surface area contributed by atoms with Gasteiger partial charge >= 0.3 is 17.9 Å². The first-order valence-corrected chi connectivity index (χ1v) is 34.5. The van der Waals surface area contributed by atoms with Crippen molar-refractivity contribution >= 4 is 17.9 Å². The molecular formula is C71H132O6. The van der Waals surface area contributed by atoms with Crippen molar-refractivity contribution in [2.24, 2.45) is 0 Å². The second kappa shape index (κ2) is 66.1. The van der Waals surface area contributed by atoms with Crippen molar-refractivity contribution < 1.29 is 28.6 Å². The van der Waals surface area contributed by atoms with Crippen LogP contribution in [0.15, 0.2) is 36.5 Å². The van der Waals surface area contributed by atoms with Gasteiger partial charge in [-0.2, -0.15) is 0 Å². The molecule has 0 fully saturated rings. The molecule has 0 amide bonds. The number of esters is 3. The molecule has 0 aliphatic heterocycles. The maximum atomic E-state index is 12.9. The number of carbonyl (C=O) groups is 3. The van der Waals surface area contributed by atoms with Gasteiger partial charge in [0.05, 0.1) is 0 Å². The highest BCUT2D eigenvalue weighted by Gasteiger charge is 2.19. The third-order valence-electron chi connectivity index (χ3n) is 15.6. The minimum atomic E-state index is -0.777. The number of allylic oxidation sites excluding steroid dienone is 6.